The molecule has 0 N–H and O–H groups in total. The minimum atomic E-state index is -4.84. The molecule has 0 aliphatic rings. The zero-order chi connectivity index (χ0) is 15.6. The Kier molecular flexibility index (Phi) is 3.93. The van der Waals surface area contributed by atoms with E-state index in [1.807, 2.05) is 0 Å². The van der Waals surface area contributed by atoms with Crippen LogP contribution in [0.2, 0.25) is 0 Å². The van der Waals surface area contributed by atoms with E-state index in [1.165, 1.54) is 0 Å². The fraction of sp³-hybridized carbons (Fsp3) is 0.0714. The minimum absolute atomic E-state index is 0.0463. The molecule has 0 bridgehead atoms. The smallest absolute Gasteiger partial charge is 0.406 e. The van der Waals surface area contributed by atoms with Crippen LogP contribution in [0.25, 0.3) is 0 Å². The largest absolute Gasteiger partial charge is 0.573 e. The topological polar surface area (TPSA) is 26.3 Å². The molecule has 0 atom stereocenters. The van der Waals surface area contributed by atoms with E-state index in [9.17, 15) is 26.7 Å². The number of benzene rings is 2. The van der Waals surface area contributed by atoms with Gasteiger partial charge in [-0.1, -0.05) is 0 Å². The van der Waals surface area contributed by atoms with Gasteiger partial charge in [-0.25, -0.2) is 8.78 Å². The number of hydrogen-bond acceptors (Lipinski definition) is 2. The molecule has 0 heterocycles. The van der Waals surface area contributed by atoms with Crippen molar-refractivity contribution in [3.05, 3.63) is 65.2 Å². The second kappa shape index (κ2) is 5.51. The lowest BCUT2D eigenvalue weighted by molar-refractivity contribution is -0.274. The summed E-state index contributed by atoms with van der Waals surface area (Å²) in [6, 6.07) is 6.42. The number of alkyl halides is 3. The average Bonchev–Trinajstić information content (AvgIpc) is 2.37. The molecular weight excluding hydrogens is 295 g/mol. The second-order valence-corrected chi connectivity index (χ2v) is 4.03. The number of ether oxygens (including phenoxy) is 1. The molecule has 0 saturated heterocycles. The molecule has 0 amide bonds. The fourth-order valence-corrected chi connectivity index (χ4v) is 1.64. The molecule has 2 aromatic rings. The summed E-state index contributed by atoms with van der Waals surface area (Å²) in [6.07, 6.45) is -4.84. The van der Waals surface area contributed by atoms with Gasteiger partial charge in [-0.3, -0.25) is 4.79 Å². The highest BCUT2D eigenvalue weighted by Gasteiger charge is 2.31. The molecule has 0 aromatic heterocycles. The molecule has 0 radical (unpaired) electrons. The molecular formula is C14H7F5O2. The number of carbonyl (C=O) groups excluding carboxylic acids is 1. The summed E-state index contributed by atoms with van der Waals surface area (Å²) in [5, 5.41) is 0. The van der Waals surface area contributed by atoms with Gasteiger partial charge in [-0.2, -0.15) is 0 Å². The summed E-state index contributed by atoms with van der Waals surface area (Å²) in [4.78, 5) is 11.9. The normalized spacial score (nSPS) is 11.3. The van der Waals surface area contributed by atoms with Crippen LogP contribution in [0, 0.1) is 11.6 Å². The van der Waals surface area contributed by atoms with Gasteiger partial charge in [0, 0.05) is 11.6 Å². The van der Waals surface area contributed by atoms with Crippen molar-refractivity contribution in [2.75, 3.05) is 0 Å². The Bertz CT molecular complexity index is 662. The quantitative estimate of drug-likeness (QED) is 0.630. The van der Waals surface area contributed by atoms with E-state index < -0.39 is 29.5 Å². The zero-order valence-electron chi connectivity index (χ0n) is 10.2. The van der Waals surface area contributed by atoms with Crippen LogP contribution >= 0.6 is 0 Å². The Balaban J connectivity index is 2.24. The van der Waals surface area contributed by atoms with Gasteiger partial charge in [0.15, 0.2) is 5.78 Å². The Morgan fingerprint density at radius 2 is 1.57 bits per heavy atom. The highest BCUT2D eigenvalue weighted by molar-refractivity contribution is 6.09. The van der Waals surface area contributed by atoms with Crippen LogP contribution in [0.3, 0.4) is 0 Å². The van der Waals surface area contributed by atoms with Gasteiger partial charge < -0.3 is 4.74 Å². The monoisotopic (exact) mass is 302 g/mol. The summed E-state index contributed by atoms with van der Waals surface area (Å²) in [7, 11) is 0. The van der Waals surface area contributed by atoms with E-state index in [1.54, 1.807) is 0 Å². The molecule has 0 unspecified atom stereocenters. The zero-order valence-corrected chi connectivity index (χ0v) is 10.2. The van der Waals surface area contributed by atoms with Crippen LogP contribution in [0.1, 0.15) is 15.9 Å². The van der Waals surface area contributed by atoms with Crippen LogP contribution in [0.5, 0.6) is 5.75 Å². The third-order valence-corrected chi connectivity index (χ3v) is 2.53. The van der Waals surface area contributed by atoms with Crippen molar-refractivity contribution in [3.63, 3.8) is 0 Å². The number of carbonyl (C=O) groups is 1. The number of halogens is 5. The van der Waals surface area contributed by atoms with Crippen molar-refractivity contribution in [2.45, 2.75) is 6.36 Å². The lowest BCUT2D eigenvalue weighted by atomic mass is 10.0. The SMILES string of the molecule is O=C(c1ccc(OC(F)(F)F)cc1)c1ccc(F)cc1F. The first kappa shape index (κ1) is 15.0. The lowest BCUT2D eigenvalue weighted by Gasteiger charge is -2.09. The standard InChI is InChI=1S/C14H7F5O2/c15-9-3-6-11(12(16)7-9)13(20)8-1-4-10(5-2-8)21-14(17,18)19/h1-7H. The van der Waals surface area contributed by atoms with Crippen molar-refractivity contribution in [1.82, 2.24) is 0 Å². The van der Waals surface area contributed by atoms with Crippen molar-refractivity contribution in [2.24, 2.45) is 0 Å². The van der Waals surface area contributed by atoms with E-state index in [0.29, 0.717) is 6.07 Å². The first-order valence-electron chi connectivity index (χ1n) is 5.62. The molecule has 21 heavy (non-hydrogen) atoms. The predicted molar refractivity (Wildman–Crippen MR) is 62.9 cm³/mol. The van der Waals surface area contributed by atoms with Crippen molar-refractivity contribution in [3.8, 4) is 5.75 Å². The maximum absolute atomic E-state index is 13.5. The Morgan fingerprint density at radius 3 is 2.10 bits per heavy atom. The van der Waals surface area contributed by atoms with Crippen LogP contribution in [0.4, 0.5) is 22.0 Å². The van der Waals surface area contributed by atoms with Crippen LogP contribution in [0.15, 0.2) is 42.5 Å². The van der Waals surface area contributed by atoms with Gasteiger partial charge in [0.2, 0.25) is 0 Å². The highest BCUT2D eigenvalue weighted by Crippen LogP contribution is 2.23. The second-order valence-electron chi connectivity index (χ2n) is 4.03. The molecule has 2 nitrogen and oxygen atoms in total. The third kappa shape index (κ3) is 3.77. The molecule has 0 aliphatic heterocycles. The van der Waals surface area contributed by atoms with Crippen LogP contribution in [-0.2, 0) is 0 Å². The summed E-state index contributed by atoms with van der Waals surface area (Å²) in [6.45, 7) is 0. The molecule has 2 aromatic carbocycles. The summed E-state index contributed by atoms with van der Waals surface area (Å²) < 4.78 is 65.8. The van der Waals surface area contributed by atoms with E-state index in [0.717, 1.165) is 36.4 Å². The highest BCUT2D eigenvalue weighted by atomic mass is 19.4. The molecule has 110 valence electrons. The van der Waals surface area contributed by atoms with Crippen LogP contribution in [-0.4, -0.2) is 12.1 Å². The first-order valence-corrected chi connectivity index (χ1v) is 5.62. The van der Waals surface area contributed by atoms with E-state index in [4.69, 9.17) is 0 Å². The Morgan fingerprint density at radius 1 is 0.952 bits per heavy atom. The Labute approximate surface area is 115 Å². The van der Waals surface area contributed by atoms with Gasteiger partial charge in [-0.05, 0) is 36.4 Å². The third-order valence-electron chi connectivity index (χ3n) is 2.53. The first-order chi connectivity index (χ1) is 9.76. The van der Waals surface area contributed by atoms with Gasteiger partial charge >= 0.3 is 6.36 Å². The maximum Gasteiger partial charge on any atom is 0.573 e. The van der Waals surface area contributed by atoms with Crippen LogP contribution < -0.4 is 4.74 Å². The summed E-state index contributed by atoms with van der Waals surface area (Å²) >= 11 is 0. The molecule has 0 saturated carbocycles. The molecule has 2 rings (SSSR count). The predicted octanol–water partition coefficient (Wildman–Crippen LogP) is 4.09. The lowest BCUT2D eigenvalue weighted by Crippen LogP contribution is -2.17. The maximum atomic E-state index is 13.5. The van der Waals surface area contributed by atoms with Gasteiger partial charge in [0.05, 0.1) is 5.56 Å². The molecule has 7 heteroatoms. The summed E-state index contributed by atoms with van der Waals surface area (Å²) in [5.41, 5.74) is -0.420. The number of ketones is 1. The molecule has 0 spiro atoms. The fourth-order valence-electron chi connectivity index (χ4n) is 1.64. The van der Waals surface area contributed by atoms with E-state index >= 15 is 0 Å². The van der Waals surface area contributed by atoms with E-state index in [2.05, 4.69) is 4.74 Å². The van der Waals surface area contributed by atoms with Crippen molar-refractivity contribution in [1.29, 1.82) is 0 Å². The van der Waals surface area contributed by atoms with Gasteiger partial charge in [-0.15, -0.1) is 13.2 Å². The Hall–Kier alpha value is -2.44. The van der Waals surface area contributed by atoms with Crippen molar-refractivity contribution >= 4 is 5.78 Å². The van der Waals surface area contributed by atoms with Gasteiger partial charge in [0.1, 0.15) is 17.4 Å². The molecule has 0 aliphatic carbocycles. The number of hydrogen-bond donors (Lipinski definition) is 0. The molecule has 0 fully saturated rings. The van der Waals surface area contributed by atoms with Gasteiger partial charge in [0.25, 0.3) is 0 Å². The minimum Gasteiger partial charge on any atom is -0.406 e. The summed E-state index contributed by atoms with van der Waals surface area (Å²) in [5.74, 6) is -3.15. The van der Waals surface area contributed by atoms with E-state index in [-0.39, 0.29) is 11.1 Å². The average molecular weight is 302 g/mol. The van der Waals surface area contributed by atoms with Crippen molar-refractivity contribution < 1.29 is 31.5 Å². The number of rotatable bonds is 3.